The summed E-state index contributed by atoms with van der Waals surface area (Å²) >= 11 is 35.9. The second kappa shape index (κ2) is 10.2. The molecule has 0 heterocycles. The summed E-state index contributed by atoms with van der Waals surface area (Å²) in [4.78, 5) is 12.5. The van der Waals surface area contributed by atoms with E-state index in [1.54, 1.807) is 48.5 Å². The minimum atomic E-state index is -1.85. The molecule has 0 saturated heterocycles. The number of alkyl halides is 6. The minimum Gasteiger partial charge on any atom is -0.362 e. The molecule has 11 heteroatoms. The molecule has 0 bridgehead atoms. The molecule has 0 fully saturated rings. The highest BCUT2D eigenvalue weighted by Gasteiger charge is 2.37. The Kier molecular flexibility index (Phi) is 8.49. The zero-order valence-corrected chi connectivity index (χ0v) is 18.6. The summed E-state index contributed by atoms with van der Waals surface area (Å²) in [6, 6.07) is 17.1. The first kappa shape index (κ1) is 23.3. The molecule has 0 aliphatic rings. The minimum absolute atomic E-state index is 0.638. The van der Waals surface area contributed by atoms with Crippen molar-refractivity contribution in [1.29, 1.82) is 0 Å². The predicted octanol–water partition coefficient (Wildman–Crippen LogP) is 5.90. The number of halogens is 6. The fourth-order valence-electron chi connectivity index (χ4n) is 2.11. The summed E-state index contributed by atoms with van der Waals surface area (Å²) in [7, 11) is 0. The Hall–Kier alpha value is -0.950. The number of carbonyl (C=O) groups is 1. The number of nitrogens with one attached hydrogen (secondary N) is 4. The third-order valence-corrected chi connectivity index (χ3v) is 4.68. The molecule has 0 aliphatic carbocycles. The van der Waals surface area contributed by atoms with Crippen LogP contribution in [0.25, 0.3) is 0 Å². The Labute approximate surface area is 192 Å². The van der Waals surface area contributed by atoms with E-state index in [4.69, 9.17) is 69.6 Å². The van der Waals surface area contributed by atoms with Crippen molar-refractivity contribution < 1.29 is 4.79 Å². The van der Waals surface area contributed by atoms with E-state index in [1.165, 1.54) is 0 Å². The van der Waals surface area contributed by atoms with Crippen molar-refractivity contribution in [3.8, 4) is 0 Å². The molecular weight excluding hydrogens is 489 g/mol. The molecule has 0 aliphatic heterocycles. The first-order chi connectivity index (χ1) is 13.1. The molecular formula is C17H16Cl6N4O. The van der Waals surface area contributed by atoms with E-state index in [0.29, 0.717) is 11.4 Å². The van der Waals surface area contributed by atoms with Crippen LogP contribution in [0.5, 0.6) is 0 Å². The maximum atomic E-state index is 12.5. The number of para-hydroxylation sites is 2. The number of benzene rings is 2. The maximum Gasteiger partial charge on any atom is 0.318 e. The lowest BCUT2D eigenvalue weighted by Gasteiger charge is -2.31. The molecule has 4 N–H and O–H groups in total. The molecule has 0 aromatic heterocycles. The summed E-state index contributed by atoms with van der Waals surface area (Å²) in [5.41, 5.74) is 1.28. The number of anilines is 2. The third-order valence-electron chi connectivity index (χ3n) is 3.38. The highest BCUT2D eigenvalue weighted by molar-refractivity contribution is 6.68. The second-order valence-electron chi connectivity index (χ2n) is 5.59. The summed E-state index contributed by atoms with van der Waals surface area (Å²) in [6.45, 7) is 0. The van der Waals surface area contributed by atoms with E-state index in [1.807, 2.05) is 12.1 Å². The van der Waals surface area contributed by atoms with Gasteiger partial charge in [-0.3, -0.25) is 0 Å². The Bertz CT molecular complexity index is 688. The molecule has 2 amide bonds. The Balaban J connectivity index is 2.08. The van der Waals surface area contributed by atoms with Crippen LogP contribution in [0, 0.1) is 0 Å². The lowest BCUT2D eigenvalue weighted by molar-refractivity contribution is 0.235. The van der Waals surface area contributed by atoms with Crippen LogP contribution < -0.4 is 21.3 Å². The van der Waals surface area contributed by atoms with Gasteiger partial charge in [-0.25, -0.2) is 4.79 Å². The molecule has 2 aromatic rings. The Morgan fingerprint density at radius 1 is 0.643 bits per heavy atom. The second-order valence-corrected chi connectivity index (χ2v) is 10.3. The van der Waals surface area contributed by atoms with Gasteiger partial charge >= 0.3 is 6.03 Å². The highest BCUT2D eigenvalue weighted by Crippen LogP contribution is 2.32. The van der Waals surface area contributed by atoms with Gasteiger partial charge in [-0.1, -0.05) is 106 Å². The van der Waals surface area contributed by atoms with Crippen molar-refractivity contribution >= 4 is 87.0 Å². The molecule has 2 unspecified atom stereocenters. The van der Waals surface area contributed by atoms with Gasteiger partial charge in [0.15, 0.2) is 0 Å². The number of urea groups is 1. The number of hydrogen-bond acceptors (Lipinski definition) is 3. The van der Waals surface area contributed by atoms with Gasteiger partial charge in [0, 0.05) is 11.4 Å². The molecule has 2 rings (SSSR count). The van der Waals surface area contributed by atoms with E-state index in [2.05, 4.69) is 21.3 Å². The molecule has 152 valence electrons. The van der Waals surface area contributed by atoms with Crippen LogP contribution in [-0.4, -0.2) is 25.9 Å². The van der Waals surface area contributed by atoms with Crippen LogP contribution in [0.2, 0.25) is 0 Å². The summed E-state index contributed by atoms with van der Waals surface area (Å²) in [5, 5.41) is 10.9. The van der Waals surface area contributed by atoms with Crippen LogP contribution in [-0.2, 0) is 0 Å². The third kappa shape index (κ3) is 7.82. The fraction of sp³-hybridized carbons (Fsp3) is 0.235. The van der Waals surface area contributed by atoms with E-state index in [9.17, 15) is 4.79 Å². The van der Waals surface area contributed by atoms with E-state index >= 15 is 0 Å². The van der Waals surface area contributed by atoms with Crippen molar-refractivity contribution in [3.05, 3.63) is 60.7 Å². The number of amides is 2. The summed E-state index contributed by atoms with van der Waals surface area (Å²) in [5.74, 6) is 0. The highest BCUT2D eigenvalue weighted by atomic mass is 35.6. The largest absolute Gasteiger partial charge is 0.362 e. The lowest BCUT2D eigenvalue weighted by atomic mass is 10.3. The Morgan fingerprint density at radius 2 is 0.964 bits per heavy atom. The van der Waals surface area contributed by atoms with Crippen molar-refractivity contribution in [2.24, 2.45) is 0 Å². The van der Waals surface area contributed by atoms with Gasteiger partial charge in [-0.05, 0) is 24.3 Å². The number of rotatable bonds is 6. The molecule has 2 atom stereocenters. The zero-order chi connectivity index (χ0) is 20.8. The summed E-state index contributed by atoms with van der Waals surface area (Å²) in [6.07, 6.45) is -2.12. The quantitative estimate of drug-likeness (QED) is 0.292. The van der Waals surface area contributed by atoms with Gasteiger partial charge in [-0.15, -0.1) is 0 Å². The van der Waals surface area contributed by atoms with Crippen LogP contribution >= 0.6 is 69.6 Å². The van der Waals surface area contributed by atoms with Gasteiger partial charge in [0.05, 0.1) is 0 Å². The molecule has 0 radical (unpaired) electrons. The standard InChI is InChI=1S/C17H16Cl6N4O/c18-16(19,20)13(24-11-7-3-1-4-8-11)26-15(28)27-14(17(21,22)23)25-12-9-5-2-6-10-12/h1-10,13-14,24-25H,(H2,26,27,28). The van der Waals surface area contributed by atoms with Crippen molar-refractivity contribution in [3.63, 3.8) is 0 Å². The van der Waals surface area contributed by atoms with E-state index in [0.717, 1.165) is 0 Å². The van der Waals surface area contributed by atoms with Gasteiger partial charge in [0.1, 0.15) is 12.3 Å². The Morgan fingerprint density at radius 3 is 1.25 bits per heavy atom. The van der Waals surface area contributed by atoms with Crippen molar-refractivity contribution in [2.45, 2.75) is 19.9 Å². The average Bonchev–Trinajstić information content (AvgIpc) is 2.61. The van der Waals surface area contributed by atoms with Crippen LogP contribution in [0.3, 0.4) is 0 Å². The van der Waals surface area contributed by atoms with Gasteiger partial charge in [-0.2, -0.15) is 0 Å². The molecule has 0 spiro atoms. The predicted molar refractivity (Wildman–Crippen MR) is 120 cm³/mol. The summed E-state index contributed by atoms with van der Waals surface area (Å²) < 4.78 is -3.70. The normalized spacial score (nSPS) is 13.9. The SMILES string of the molecule is O=C(NC(Nc1ccccc1)C(Cl)(Cl)Cl)NC(Nc1ccccc1)C(Cl)(Cl)Cl. The molecule has 2 aromatic carbocycles. The molecule has 28 heavy (non-hydrogen) atoms. The van der Waals surface area contributed by atoms with Crippen molar-refractivity contribution in [2.75, 3.05) is 10.6 Å². The molecule has 0 saturated carbocycles. The number of carbonyl (C=O) groups excluding carboxylic acids is 1. The number of hydrogen-bond donors (Lipinski definition) is 4. The van der Waals surface area contributed by atoms with E-state index in [-0.39, 0.29) is 0 Å². The first-order valence-corrected chi connectivity index (χ1v) is 10.2. The maximum absolute atomic E-state index is 12.5. The lowest BCUT2D eigenvalue weighted by Crippen LogP contribution is -2.57. The molecule has 5 nitrogen and oxygen atoms in total. The van der Waals surface area contributed by atoms with Gasteiger partial charge in [0.25, 0.3) is 0 Å². The van der Waals surface area contributed by atoms with E-state index < -0.39 is 25.9 Å². The average molecular weight is 505 g/mol. The van der Waals surface area contributed by atoms with Crippen LogP contribution in [0.15, 0.2) is 60.7 Å². The monoisotopic (exact) mass is 502 g/mol. The smallest absolute Gasteiger partial charge is 0.318 e. The fourth-order valence-corrected chi connectivity index (χ4v) is 2.76. The van der Waals surface area contributed by atoms with Crippen molar-refractivity contribution in [1.82, 2.24) is 10.6 Å². The zero-order valence-electron chi connectivity index (χ0n) is 14.1. The van der Waals surface area contributed by atoms with Crippen LogP contribution in [0.4, 0.5) is 16.2 Å². The van der Waals surface area contributed by atoms with Gasteiger partial charge in [0.2, 0.25) is 7.59 Å². The first-order valence-electron chi connectivity index (χ1n) is 7.89. The van der Waals surface area contributed by atoms with Gasteiger partial charge < -0.3 is 21.3 Å². The topological polar surface area (TPSA) is 65.2 Å². The van der Waals surface area contributed by atoms with Crippen LogP contribution in [0.1, 0.15) is 0 Å².